The lowest BCUT2D eigenvalue weighted by Gasteiger charge is -2.34. The molecule has 1 aromatic carbocycles. The molecule has 0 bridgehead atoms. The van der Waals surface area contributed by atoms with Crippen LogP contribution in [0.25, 0.3) is 0 Å². The van der Waals surface area contributed by atoms with Gasteiger partial charge in [-0.2, -0.15) is 0 Å². The minimum Gasteiger partial charge on any atom is -0.444 e. The molecule has 2 rings (SSSR count). The molecule has 1 heterocycles. The minimum absolute atomic E-state index is 0.0822. The molecule has 0 aliphatic carbocycles. The fourth-order valence-corrected chi connectivity index (χ4v) is 2.82. The molecule has 0 saturated carbocycles. The van der Waals surface area contributed by atoms with Gasteiger partial charge >= 0.3 is 6.09 Å². The van der Waals surface area contributed by atoms with E-state index < -0.39 is 5.60 Å². The third kappa shape index (κ3) is 5.27. The van der Waals surface area contributed by atoms with Gasteiger partial charge in [-0.05, 0) is 51.3 Å². The van der Waals surface area contributed by atoms with E-state index in [-0.39, 0.29) is 17.9 Å². The summed E-state index contributed by atoms with van der Waals surface area (Å²) in [5, 5.41) is 2.81. The Labute approximate surface area is 138 Å². The van der Waals surface area contributed by atoms with Gasteiger partial charge in [-0.3, -0.25) is 4.79 Å². The van der Waals surface area contributed by atoms with Crippen molar-refractivity contribution in [1.29, 1.82) is 0 Å². The molecule has 1 unspecified atom stereocenters. The zero-order valence-electron chi connectivity index (χ0n) is 14.4. The Morgan fingerprint density at radius 1 is 1.30 bits per heavy atom. The summed E-state index contributed by atoms with van der Waals surface area (Å²) in [6.45, 7) is 8.52. The lowest BCUT2D eigenvalue weighted by Crippen LogP contribution is -2.42. The highest BCUT2D eigenvalue weighted by molar-refractivity contribution is 5.88. The molecule has 1 saturated heterocycles. The Morgan fingerprint density at radius 3 is 2.70 bits per heavy atom. The average molecular weight is 318 g/mol. The second-order valence-corrected chi connectivity index (χ2v) is 7.07. The van der Waals surface area contributed by atoms with E-state index in [1.165, 1.54) is 6.92 Å². The van der Waals surface area contributed by atoms with Crippen molar-refractivity contribution in [3.05, 3.63) is 29.8 Å². The summed E-state index contributed by atoms with van der Waals surface area (Å²) in [7, 11) is 0. The summed E-state index contributed by atoms with van der Waals surface area (Å²) in [6.07, 6.45) is 1.73. The van der Waals surface area contributed by atoms with Crippen LogP contribution in [0.4, 0.5) is 10.5 Å². The van der Waals surface area contributed by atoms with Crippen molar-refractivity contribution in [3.8, 4) is 0 Å². The molecule has 5 heteroatoms. The number of nitrogens with zero attached hydrogens (tertiary/aromatic N) is 1. The van der Waals surface area contributed by atoms with Gasteiger partial charge in [-0.25, -0.2) is 4.79 Å². The lowest BCUT2D eigenvalue weighted by atomic mass is 9.90. The Bertz CT molecular complexity index is 578. The van der Waals surface area contributed by atoms with Crippen LogP contribution in [0.3, 0.4) is 0 Å². The normalized spacial score (nSPS) is 18.4. The topological polar surface area (TPSA) is 58.6 Å². The van der Waals surface area contributed by atoms with Gasteiger partial charge in [0.15, 0.2) is 0 Å². The van der Waals surface area contributed by atoms with Crippen LogP contribution >= 0.6 is 0 Å². The number of nitrogens with one attached hydrogen (secondary N) is 1. The van der Waals surface area contributed by atoms with Crippen LogP contribution in [0.1, 0.15) is 52.0 Å². The third-order valence-electron chi connectivity index (χ3n) is 3.75. The summed E-state index contributed by atoms with van der Waals surface area (Å²) < 4.78 is 5.47. The first-order valence-corrected chi connectivity index (χ1v) is 8.10. The maximum Gasteiger partial charge on any atom is 0.410 e. The first kappa shape index (κ1) is 17.3. The SMILES string of the molecule is CC(=O)Nc1cccc(C2CCCN(C(=O)OC(C)(C)C)C2)c1. The molecular weight excluding hydrogens is 292 g/mol. The average Bonchev–Trinajstić information content (AvgIpc) is 2.45. The number of piperidine rings is 1. The van der Waals surface area contributed by atoms with Crippen LogP contribution < -0.4 is 5.32 Å². The van der Waals surface area contributed by atoms with Gasteiger partial charge in [0.2, 0.25) is 5.91 Å². The molecule has 0 spiro atoms. The summed E-state index contributed by atoms with van der Waals surface area (Å²) in [6, 6.07) is 7.85. The Hall–Kier alpha value is -2.04. The molecule has 126 valence electrons. The standard InChI is InChI=1S/C18H26N2O3/c1-13(21)19-16-9-5-7-14(11-16)15-8-6-10-20(12-15)17(22)23-18(2,3)4/h5,7,9,11,15H,6,8,10,12H2,1-4H3,(H,19,21). The monoisotopic (exact) mass is 318 g/mol. The molecule has 1 atom stereocenters. The molecule has 2 amide bonds. The Balaban J connectivity index is 2.06. The van der Waals surface area contributed by atoms with E-state index in [0.29, 0.717) is 6.54 Å². The van der Waals surface area contributed by atoms with Crippen molar-refractivity contribution in [2.45, 2.75) is 52.1 Å². The summed E-state index contributed by atoms with van der Waals surface area (Å²) in [4.78, 5) is 25.2. The van der Waals surface area contributed by atoms with Crippen molar-refractivity contribution in [3.63, 3.8) is 0 Å². The molecule has 5 nitrogen and oxygen atoms in total. The number of carbonyl (C=O) groups is 2. The second-order valence-electron chi connectivity index (χ2n) is 7.07. The van der Waals surface area contributed by atoms with Crippen LogP contribution in [0.15, 0.2) is 24.3 Å². The number of likely N-dealkylation sites (tertiary alicyclic amines) is 1. The quantitative estimate of drug-likeness (QED) is 0.903. The van der Waals surface area contributed by atoms with E-state index in [1.54, 1.807) is 4.90 Å². The highest BCUT2D eigenvalue weighted by atomic mass is 16.6. The molecule has 1 fully saturated rings. The van der Waals surface area contributed by atoms with Gasteiger partial charge in [0.1, 0.15) is 5.60 Å². The smallest absolute Gasteiger partial charge is 0.410 e. The molecule has 0 aromatic heterocycles. The van der Waals surface area contributed by atoms with Crippen LogP contribution in [-0.2, 0) is 9.53 Å². The summed E-state index contributed by atoms with van der Waals surface area (Å²) in [5.74, 6) is 0.186. The number of anilines is 1. The van der Waals surface area contributed by atoms with Crippen LogP contribution in [0.2, 0.25) is 0 Å². The van der Waals surface area contributed by atoms with Crippen molar-refractivity contribution in [2.24, 2.45) is 0 Å². The van der Waals surface area contributed by atoms with E-state index in [9.17, 15) is 9.59 Å². The number of hydrogen-bond donors (Lipinski definition) is 1. The minimum atomic E-state index is -0.477. The number of benzene rings is 1. The van der Waals surface area contributed by atoms with Gasteiger partial charge in [-0.15, -0.1) is 0 Å². The summed E-state index contributed by atoms with van der Waals surface area (Å²) in [5.41, 5.74) is 1.46. The van der Waals surface area contributed by atoms with Crippen LogP contribution in [-0.4, -0.2) is 35.6 Å². The number of rotatable bonds is 2. The van der Waals surface area contributed by atoms with E-state index in [0.717, 1.165) is 30.6 Å². The van der Waals surface area contributed by atoms with Gasteiger partial charge in [0.05, 0.1) is 0 Å². The van der Waals surface area contributed by atoms with Crippen LogP contribution in [0.5, 0.6) is 0 Å². The van der Waals surface area contributed by atoms with Crippen LogP contribution in [0, 0.1) is 0 Å². The highest BCUT2D eigenvalue weighted by Crippen LogP contribution is 2.29. The van der Waals surface area contributed by atoms with E-state index >= 15 is 0 Å². The number of ether oxygens (including phenoxy) is 1. The maximum atomic E-state index is 12.2. The van der Waals surface area contributed by atoms with Crippen molar-refractivity contribution < 1.29 is 14.3 Å². The van der Waals surface area contributed by atoms with Crippen molar-refractivity contribution >= 4 is 17.7 Å². The summed E-state index contributed by atoms with van der Waals surface area (Å²) >= 11 is 0. The second kappa shape index (κ2) is 7.02. The third-order valence-corrected chi connectivity index (χ3v) is 3.75. The predicted octanol–water partition coefficient (Wildman–Crippen LogP) is 3.76. The lowest BCUT2D eigenvalue weighted by molar-refractivity contribution is -0.114. The largest absolute Gasteiger partial charge is 0.444 e. The Kier molecular flexibility index (Phi) is 5.29. The van der Waals surface area contributed by atoms with Gasteiger partial charge in [-0.1, -0.05) is 12.1 Å². The molecule has 1 aliphatic heterocycles. The molecule has 0 radical (unpaired) electrons. The van der Waals surface area contributed by atoms with E-state index in [2.05, 4.69) is 11.4 Å². The molecule has 23 heavy (non-hydrogen) atoms. The Morgan fingerprint density at radius 2 is 2.04 bits per heavy atom. The first-order chi connectivity index (χ1) is 10.7. The maximum absolute atomic E-state index is 12.2. The van der Waals surface area contributed by atoms with E-state index in [1.807, 2.05) is 39.0 Å². The first-order valence-electron chi connectivity index (χ1n) is 8.10. The number of amides is 2. The van der Waals surface area contributed by atoms with Crippen molar-refractivity contribution in [1.82, 2.24) is 4.90 Å². The van der Waals surface area contributed by atoms with Gasteiger partial charge in [0.25, 0.3) is 0 Å². The zero-order chi connectivity index (χ0) is 17.0. The molecule has 1 aliphatic rings. The predicted molar refractivity (Wildman–Crippen MR) is 90.5 cm³/mol. The highest BCUT2D eigenvalue weighted by Gasteiger charge is 2.28. The van der Waals surface area contributed by atoms with Gasteiger partial charge in [0, 0.05) is 31.6 Å². The molecular formula is C18H26N2O3. The van der Waals surface area contributed by atoms with Crippen molar-refractivity contribution in [2.75, 3.05) is 18.4 Å². The fraction of sp³-hybridized carbons (Fsp3) is 0.556. The number of carbonyl (C=O) groups excluding carboxylic acids is 2. The zero-order valence-corrected chi connectivity index (χ0v) is 14.4. The molecule has 1 N–H and O–H groups in total. The molecule has 1 aromatic rings. The fourth-order valence-electron chi connectivity index (χ4n) is 2.82. The van der Waals surface area contributed by atoms with E-state index in [4.69, 9.17) is 4.74 Å². The number of hydrogen-bond acceptors (Lipinski definition) is 3. The van der Waals surface area contributed by atoms with Gasteiger partial charge < -0.3 is 15.0 Å².